The molecule has 3 aliphatic rings. The van der Waals surface area contributed by atoms with E-state index >= 15 is 0 Å². The summed E-state index contributed by atoms with van der Waals surface area (Å²) in [5.74, 6) is 0.371. The summed E-state index contributed by atoms with van der Waals surface area (Å²) in [4.78, 5) is 0. The first-order chi connectivity index (χ1) is 8.80. The van der Waals surface area contributed by atoms with E-state index in [-0.39, 0.29) is 12.2 Å². The summed E-state index contributed by atoms with van der Waals surface area (Å²) in [6, 6.07) is 1.12. The van der Waals surface area contributed by atoms with Gasteiger partial charge in [0.1, 0.15) is 0 Å². The van der Waals surface area contributed by atoms with Gasteiger partial charge in [0.05, 0.1) is 5.60 Å². The fourth-order valence-electron chi connectivity index (χ4n) is 3.80. The van der Waals surface area contributed by atoms with Gasteiger partial charge in [-0.3, -0.25) is 0 Å². The van der Waals surface area contributed by atoms with Crippen molar-refractivity contribution in [3.05, 3.63) is 12.2 Å². The molecule has 102 valence electrons. The zero-order valence-corrected chi connectivity index (χ0v) is 11.1. The van der Waals surface area contributed by atoms with Crippen LogP contribution in [-0.2, 0) is 4.74 Å². The number of hydrogen-bond donors (Lipinski definition) is 2. The molecule has 1 saturated carbocycles. The predicted octanol–water partition coefficient (Wildman–Crippen LogP) is 2.00. The average Bonchev–Trinajstić information content (AvgIpc) is 3.02. The van der Waals surface area contributed by atoms with Crippen LogP contribution in [0.25, 0.3) is 0 Å². The summed E-state index contributed by atoms with van der Waals surface area (Å²) in [6.45, 7) is 1.26. The molecule has 2 fully saturated rings. The Balaban J connectivity index is 1.45. The zero-order chi connectivity index (χ0) is 12.4. The van der Waals surface area contributed by atoms with Gasteiger partial charge >= 0.3 is 0 Å². The summed E-state index contributed by atoms with van der Waals surface area (Å²) in [5, 5.41) is 12.9. The standard InChI is InChI=1S/C15H25NO2/c17-11-12-2-3-14(10-12)16-13-4-7-15(8-5-13)6-1-9-18-15/h2-3,12-14,16-17H,1,4-11H2/t12-,13?,14+,15?/m0/s1. The number of ether oxygens (including phenoxy) is 1. The average molecular weight is 251 g/mol. The maximum atomic E-state index is 9.13. The van der Waals surface area contributed by atoms with Crippen LogP contribution in [0.1, 0.15) is 44.9 Å². The molecule has 0 amide bonds. The van der Waals surface area contributed by atoms with Crippen LogP contribution in [0.4, 0.5) is 0 Å². The first-order valence-corrected chi connectivity index (χ1v) is 7.49. The van der Waals surface area contributed by atoms with Crippen molar-refractivity contribution in [1.29, 1.82) is 0 Å². The molecule has 0 aromatic rings. The van der Waals surface area contributed by atoms with E-state index in [9.17, 15) is 0 Å². The van der Waals surface area contributed by atoms with Gasteiger partial charge in [0, 0.05) is 31.2 Å². The molecule has 3 nitrogen and oxygen atoms in total. The highest BCUT2D eigenvalue weighted by molar-refractivity contribution is 5.07. The van der Waals surface area contributed by atoms with Crippen LogP contribution < -0.4 is 5.32 Å². The third-order valence-electron chi connectivity index (χ3n) is 4.94. The Labute approximate surface area is 110 Å². The minimum atomic E-state index is 0.247. The number of hydrogen-bond acceptors (Lipinski definition) is 3. The van der Waals surface area contributed by atoms with Gasteiger partial charge < -0.3 is 15.2 Å². The Morgan fingerprint density at radius 3 is 2.67 bits per heavy atom. The van der Waals surface area contributed by atoms with E-state index in [4.69, 9.17) is 9.84 Å². The summed E-state index contributed by atoms with van der Waals surface area (Å²) in [6.07, 6.45) is 12.9. The fraction of sp³-hybridized carbons (Fsp3) is 0.867. The first kappa shape index (κ1) is 12.6. The van der Waals surface area contributed by atoms with Gasteiger partial charge in [-0.05, 0) is 44.9 Å². The molecule has 2 aliphatic carbocycles. The predicted molar refractivity (Wildman–Crippen MR) is 71.4 cm³/mol. The Kier molecular flexibility index (Phi) is 3.73. The van der Waals surface area contributed by atoms with Crippen molar-refractivity contribution in [3.63, 3.8) is 0 Å². The van der Waals surface area contributed by atoms with Crippen molar-refractivity contribution in [2.45, 2.75) is 62.6 Å². The molecule has 3 rings (SSSR count). The van der Waals surface area contributed by atoms with Crippen LogP contribution in [-0.4, -0.2) is 36.0 Å². The molecule has 3 heteroatoms. The molecule has 0 aromatic heterocycles. The van der Waals surface area contributed by atoms with Gasteiger partial charge in [-0.15, -0.1) is 0 Å². The van der Waals surface area contributed by atoms with Crippen molar-refractivity contribution in [1.82, 2.24) is 5.32 Å². The van der Waals surface area contributed by atoms with E-state index in [1.165, 1.54) is 38.5 Å². The lowest BCUT2D eigenvalue weighted by atomic mass is 9.80. The second-order valence-corrected chi connectivity index (χ2v) is 6.25. The SMILES string of the molecule is OC[C@H]1C=C[C@@H](NC2CCC3(CCCO3)CC2)C1. The lowest BCUT2D eigenvalue weighted by Gasteiger charge is -2.37. The van der Waals surface area contributed by atoms with Gasteiger partial charge in [0.25, 0.3) is 0 Å². The highest BCUT2D eigenvalue weighted by Gasteiger charge is 2.39. The molecular weight excluding hydrogens is 226 g/mol. The molecule has 2 N–H and O–H groups in total. The lowest BCUT2D eigenvalue weighted by molar-refractivity contribution is -0.0305. The highest BCUT2D eigenvalue weighted by atomic mass is 16.5. The Morgan fingerprint density at radius 1 is 1.22 bits per heavy atom. The molecule has 0 radical (unpaired) electrons. The molecular formula is C15H25NO2. The van der Waals surface area contributed by atoms with Crippen LogP contribution in [0.3, 0.4) is 0 Å². The van der Waals surface area contributed by atoms with Crippen molar-refractivity contribution in [2.75, 3.05) is 13.2 Å². The quantitative estimate of drug-likeness (QED) is 0.754. The van der Waals surface area contributed by atoms with Gasteiger partial charge in [0.2, 0.25) is 0 Å². The van der Waals surface area contributed by atoms with E-state index in [1.807, 2.05) is 0 Å². The highest BCUT2D eigenvalue weighted by Crippen LogP contribution is 2.39. The van der Waals surface area contributed by atoms with E-state index in [2.05, 4.69) is 17.5 Å². The monoisotopic (exact) mass is 251 g/mol. The fourth-order valence-corrected chi connectivity index (χ4v) is 3.80. The molecule has 0 aromatic carbocycles. The molecule has 1 heterocycles. The Hall–Kier alpha value is -0.380. The topological polar surface area (TPSA) is 41.5 Å². The minimum absolute atomic E-state index is 0.247. The summed E-state index contributed by atoms with van der Waals surface area (Å²) in [7, 11) is 0. The van der Waals surface area contributed by atoms with E-state index in [0.717, 1.165) is 13.0 Å². The second-order valence-electron chi connectivity index (χ2n) is 6.25. The van der Waals surface area contributed by atoms with Crippen molar-refractivity contribution in [2.24, 2.45) is 5.92 Å². The third kappa shape index (κ3) is 2.63. The van der Waals surface area contributed by atoms with Crippen LogP contribution in [0.5, 0.6) is 0 Å². The van der Waals surface area contributed by atoms with Crippen molar-refractivity contribution in [3.8, 4) is 0 Å². The second kappa shape index (κ2) is 5.32. The summed E-state index contributed by atoms with van der Waals surface area (Å²) >= 11 is 0. The molecule has 0 unspecified atom stereocenters. The summed E-state index contributed by atoms with van der Waals surface area (Å²) in [5.41, 5.74) is 0.247. The molecule has 2 atom stereocenters. The van der Waals surface area contributed by atoms with E-state index < -0.39 is 0 Å². The summed E-state index contributed by atoms with van der Waals surface area (Å²) < 4.78 is 5.96. The molecule has 1 saturated heterocycles. The van der Waals surface area contributed by atoms with Gasteiger partial charge in [-0.25, -0.2) is 0 Å². The molecule has 18 heavy (non-hydrogen) atoms. The molecule has 1 spiro atoms. The minimum Gasteiger partial charge on any atom is -0.396 e. The van der Waals surface area contributed by atoms with Crippen LogP contribution >= 0.6 is 0 Å². The zero-order valence-electron chi connectivity index (χ0n) is 11.1. The third-order valence-corrected chi connectivity index (χ3v) is 4.94. The smallest absolute Gasteiger partial charge is 0.0684 e. The number of rotatable bonds is 3. The Bertz CT molecular complexity index is 300. The van der Waals surface area contributed by atoms with E-state index in [0.29, 0.717) is 18.0 Å². The normalized spacial score (nSPS) is 43.9. The van der Waals surface area contributed by atoms with Crippen LogP contribution in [0.15, 0.2) is 12.2 Å². The van der Waals surface area contributed by atoms with Crippen molar-refractivity contribution < 1.29 is 9.84 Å². The van der Waals surface area contributed by atoms with Crippen LogP contribution in [0.2, 0.25) is 0 Å². The number of aliphatic hydroxyl groups is 1. The van der Waals surface area contributed by atoms with Gasteiger partial charge in [-0.1, -0.05) is 12.2 Å². The van der Waals surface area contributed by atoms with Crippen LogP contribution in [0, 0.1) is 5.92 Å². The largest absolute Gasteiger partial charge is 0.396 e. The van der Waals surface area contributed by atoms with E-state index in [1.54, 1.807) is 0 Å². The van der Waals surface area contributed by atoms with Gasteiger partial charge in [-0.2, -0.15) is 0 Å². The molecule has 0 bridgehead atoms. The van der Waals surface area contributed by atoms with Crippen molar-refractivity contribution >= 4 is 0 Å². The number of nitrogens with one attached hydrogen (secondary N) is 1. The number of aliphatic hydroxyl groups excluding tert-OH is 1. The molecule has 1 aliphatic heterocycles. The lowest BCUT2D eigenvalue weighted by Crippen LogP contribution is -2.44. The van der Waals surface area contributed by atoms with Gasteiger partial charge in [0.15, 0.2) is 0 Å². The maximum Gasteiger partial charge on any atom is 0.0684 e. The Morgan fingerprint density at radius 2 is 2.06 bits per heavy atom. The first-order valence-electron chi connectivity index (χ1n) is 7.49. The maximum absolute atomic E-state index is 9.13.